The third kappa shape index (κ3) is 1.96. The summed E-state index contributed by atoms with van der Waals surface area (Å²) in [5, 5.41) is 3.13. The molecule has 2 aromatic heterocycles. The van der Waals surface area contributed by atoms with Crippen molar-refractivity contribution in [1.29, 1.82) is 0 Å². The van der Waals surface area contributed by atoms with Crippen molar-refractivity contribution in [3.05, 3.63) is 29.6 Å². The molecule has 0 unspecified atom stereocenters. The van der Waals surface area contributed by atoms with Crippen LogP contribution in [0.2, 0.25) is 0 Å². The first kappa shape index (κ1) is 12.5. The van der Waals surface area contributed by atoms with Crippen LogP contribution >= 0.6 is 0 Å². The Hall–Kier alpha value is -1.91. The van der Waals surface area contributed by atoms with Crippen molar-refractivity contribution in [2.45, 2.75) is 33.6 Å². The largest absolute Gasteiger partial charge is 0.373 e. The Kier molecular flexibility index (Phi) is 3.32. The predicted molar refractivity (Wildman–Crippen MR) is 72.3 cm³/mol. The summed E-state index contributed by atoms with van der Waals surface area (Å²) in [7, 11) is 1.88. The Bertz CT molecular complexity index is 557. The molecule has 0 aliphatic carbocycles. The smallest absolute Gasteiger partial charge is 0.147 e. The van der Waals surface area contributed by atoms with E-state index in [1.54, 1.807) is 6.33 Å². The van der Waals surface area contributed by atoms with Crippen LogP contribution in [0.1, 0.15) is 36.7 Å². The minimum Gasteiger partial charge on any atom is -0.373 e. The van der Waals surface area contributed by atoms with Gasteiger partial charge in [0.05, 0.1) is 5.69 Å². The molecule has 0 aromatic carbocycles. The van der Waals surface area contributed by atoms with Crippen LogP contribution in [0, 0.1) is 13.8 Å². The van der Waals surface area contributed by atoms with Gasteiger partial charge in [-0.3, -0.25) is 4.57 Å². The molecule has 0 spiro atoms. The average molecular weight is 245 g/mol. The fourth-order valence-electron chi connectivity index (χ4n) is 2.02. The van der Waals surface area contributed by atoms with Crippen molar-refractivity contribution in [3.63, 3.8) is 0 Å². The molecule has 0 aliphatic rings. The fraction of sp³-hybridized carbons (Fsp3) is 0.462. The Balaban J connectivity index is 2.67. The first-order valence-electron chi connectivity index (χ1n) is 6.09. The summed E-state index contributed by atoms with van der Waals surface area (Å²) in [6.07, 6.45) is 3.40. The summed E-state index contributed by atoms with van der Waals surface area (Å²) in [6.45, 7) is 8.33. The van der Waals surface area contributed by atoms with Gasteiger partial charge in [-0.05, 0) is 19.8 Å². The number of imidazole rings is 1. The lowest BCUT2D eigenvalue weighted by atomic mass is 10.0. The molecule has 18 heavy (non-hydrogen) atoms. The van der Waals surface area contributed by atoms with Crippen LogP contribution in [-0.2, 0) is 0 Å². The number of hydrogen-bond acceptors (Lipinski definition) is 4. The van der Waals surface area contributed by atoms with Gasteiger partial charge in [0, 0.05) is 18.3 Å². The number of rotatable bonds is 3. The molecule has 0 radical (unpaired) electrons. The first-order valence-corrected chi connectivity index (χ1v) is 6.09. The fourth-order valence-corrected chi connectivity index (χ4v) is 2.02. The van der Waals surface area contributed by atoms with Gasteiger partial charge < -0.3 is 5.32 Å². The van der Waals surface area contributed by atoms with Crippen molar-refractivity contribution >= 4 is 5.82 Å². The topological polar surface area (TPSA) is 55.6 Å². The van der Waals surface area contributed by atoms with Crippen LogP contribution < -0.4 is 5.32 Å². The van der Waals surface area contributed by atoms with Crippen molar-refractivity contribution < 1.29 is 0 Å². The van der Waals surface area contributed by atoms with Gasteiger partial charge in [-0.25, -0.2) is 15.0 Å². The van der Waals surface area contributed by atoms with E-state index >= 15 is 0 Å². The molecule has 2 aromatic rings. The van der Waals surface area contributed by atoms with Gasteiger partial charge in [-0.15, -0.1) is 0 Å². The van der Waals surface area contributed by atoms with E-state index in [1.165, 1.54) is 0 Å². The lowest BCUT2D eigenvalue weighted by molar-refractivity contribution is 0.810. The lowest BCUT2D eigenvalue weighted by Crippen LogP contribution is -2.09. The summed E-state index contributed by atoms with van der Waals surface area (Å²) in [5.74, 6) is 2.12. The summed E-state index contributed by atoms with van der Waals surface area (Å²) in [6, 6.07) is 0. The minimum atomic E-state index is 0.339. The molecule has 0 aliphatic heterocycles. The van der Waals surface area contributed by atoms with Crippen molar-refractivity contribution in [1.82, 2.24) is 19.5 Å². The third-order valence-corrected chi connectivity index (χ3v) is 3.16. The molecule has 2 heterocycles. The SMILES string of the molecule is CNc1ncnc(-n2cnc(C)c2C)c1C(C)C. The Morgan fingerprint density at radius 1 is 1.17 bits per heavy atom. The summed E-state index contributed by atoms with van der Waals surface area (Å²) in [4.78, 5) is 13.0. The van der Waals surface area contributed by atoms with Crippen LogP contribution in [0.15, 0.2) is 12.7 Å². The average Bonchev–Trinajstić information content (AvgIpc) is 2.69. The van der Waals surface area contributed by atoms with E-state index in [2.05, 4.69) is 34.1 Å². The monoisotopic (exact) mass is 245 g/mol. The van der Waals surface area contributed by atoms with Gasteiger partial charge in [-0.2, -0.15) is 0 Å². The van der Waals surface area contributed by atoms with Gasteiger partial charge in [0.2, 0.25) is 0 Å². The van der Waals surface area contributed by atoms with Crippen LogP contribution in [0.25, 0.3) is 5.82 Å². The maximum Gasteiger partial charge on any atom is 0.147 e. The van der Waals surface area contributed by atoms with Crippen molar-refractivity contribution in [2.75, 3.05) is 12.4 Å². The molecule has 0 bridgehead atoms. The first-order chi connectivity index (χ1) is 8.56. The van der Waals surface area contributed by atoms with E-state index in [9.17, 15) is 0 Å². The second-order valence-electron chi connectivity index (χ2n) is 4.65. The van der Waals surface area contributed by atoms with Gasteiger partial charge in [0.15, 0.2) is 0 Å². The number of anilines is 1. The molecule has 0 saturated heterocycles. The van der Waals surface area contributed by atoms with Crippen LogP contribution in [-0.4, -0.2) is 26.6 Å². The third-order valence-electron chi connectivity index (χ3n) is 3.16. The molecule has 1 N–H and O–H groups in total. The van der Waals surface area contributed by atoms with Crippen molar-refractivity contribution in [3.8, 4) is 5.82 Å². The summed E-state index contributed by atoms with van der Waals surface area (Å²) < 4.78 is 2.02. The second kappa shape index (κ2) is 4.76. The maximum atomic E-state index is 4.42. The number of nitrogens with one attached hydrogen (secondary N) is 1. The van der Waals surface area contributed by atoms with Gasteiger partial charge in [0.1, 0.15) is 24.3 Å². The van der Waals surface area contributed by atoms with Gasteiger partial charge in [-0.1, -0.05) is 13.8 Å². The Morgan fingerprint density at radius 3 is 2.39 bits per heavy atom. The second-order valence-corrected chi connectivity index (χ2v) is 4.65. The highest BCUT2D eigenvalue weighted by Crippen LogP contribution is 2.27. The lowest BCUT2D eigenvalue weighted by Gasteiger charge is -2.16. The highest BCUT2D eigenvalue weighted by molar-refractivity contribution is 5.53. The van der Waals surface area contributed by atoms with E-state index in [0.717, 1.165) is 28.6 Å². The zero-order valence-corrected chi connectivity index (χ0v) is 11.5. The maximum absolute atomic E-state index is 4.42. The standard InChI is InChI=1S/C13H19N5/c1-8(2)11-12(14-5)15-6-16-13(11)18-7-17-9(3)10(18)4/h6-8H,1-5H3,(H,14,15,16). The molecular weight excluding hydrogens is 226 g/mol. The molecule has 0 atom stereocenters. The van der Waals surface area contributed by atoms with E-state index < -0.39 is 0 Å². The van der Waals surface area contributed by atoms with Crippen LogP contribution in [0.3, 0.4) is 0 Å². The highest BCUT2D eigenvalue weighted by Gasteiger charge is 2.17. The Labute approximate surface area is 107 Å². The van der Waals surface area contributed by atoms with Gasteiger partial charge in [0.25, 0.3) is 0 Å². The van der Waals surface area contributed by atoms with E-state index in [0.29, 0.717) is 5.92 Å². The molecule has 5 heteroatoms. The molecule has 2 rings (SSSR count). The number of aromatic nitrogens is 4. The number of hydrogen-bond donors (Lipinski definition) is 1. The predicted octanol–water partition coefficient (Wildman–Crippen LogP) is 2.44. The quantitative estimate of drug-likeness (QED) is 0.902. The number of aryl methyl sites for hydroxylation is 1. The molecule has 0 saturated carbocycles. The molecular formula is C13H19N5. The van der Waals surface area contributed by atoms with E-state index in [4.69, 9.17) is 0 Å². The van der Waals surface area contributed by atoms with Crippen molar-refractivity contribution in [2.24, 2.45) is 0 Å². The van der Waals surface area contributed by atoms with Gasteiger partial charge >= 0.3 is 0 Å². The van der Waals surface area contributed by atoms with E-state index in [1.807, 2.05) is 31.8 Å². The van der Waals surface area contributed by atoms with Crippen LogP contribution in [0.4, 0.5) is 5.82 Å². The highest BCUT2D eigenvalue weighted by atomic mass is 15.1. The molecule has 0 fully saturated rings. The van der Waals surface area contributed by atoms with E-state index in [-0.39, 0.29) is 0 Å². The summed E-state index contributed by atoms with van der Waals surface area (Å²) >= 11 is 0. The minimum absolute atomic E-state index is 0.339. The summed E-state index contributed by atoms with van der Waals surface area (Å²) in [5.41, 5.74) is 3.24. The zero-order valence-electron chi connectivity index (χ0n) is 11.5. The van der Waals surface area contributed by atoms with Crippen LogP contribution in [0.5, 0.6) is 0 Å². The molecule has 96 valence electrons. The zero-order chi connectivity index (χ0) is 13.3. The Morgan fingerprint density at radius 2 is 1.89 bits per heavy atom. The number of nitrogens with zero attached hydrogens (tertiary/aromatic N) is 4. The molecule has 5 nitrogen and oxygen atoms in total. The molecule has 0 amide bonds. The normalized spacial score (nSPS) is 11.0.